The van der Waals surface area contributed by atoms with E-state index in [1.54, 1.807) is 29.3 Å². The summed E-state index contributed by atoms with van der Waals surface area (Å²) in [5, 5.41) is 2.88. The number of pyridine rings is 1. The molecule has 0 saturated carbocycles. The van der Waals surface area contributed by atoms with Gasteiger partial charge >= 0.3 is 0 Å². The number of rotatable bonds is 2. The highest BCUT2D eigenvalue weighted by Crippen LogP contribution is 2.36. The number of amides is 2. The molecule has 1 fully saturated rings. The lowest BCUT2D eigenvalue weighted by Gasteiger charge is -2.44. The number of nitrogens with one attached hydrogen (secondary N) is 1. The SMILES string of the molecule is C[N+]1(C)CC[N+](C)(CC(=O)N2c3ccccc3C(=O)Nc3cccnc32)CC1.[I-].[I-]. The fourth-order valence-corrected chi connectivity index (χ4v) is 3.89. The third-order valence-electron chi connectivity index (χ3n) is 5.89. The van der Waals surface area contributed by atoms with Gasteiger partial charge in [0, 0.05) is 6.20 Å². The number of anilines is 3. The van der Waals surface area contributed by atoms with E-state index in [2.05, 4.69) is 31.4 Å². The van der Waals surface area contributed by atoms with Gasteiger partial charge in [-0.25, -0.2) is 4.98 Å². The van der Waals surface area contributed by atoms with Gasteiger partial charge in [-0.2, -0.15) is 0 Å². The zero-order valence-electron chi connectivity index (χ0n) is 17.4. The number of aromatic nitrogens is 1. The monoisotopic (exact) mass is 635 g/mol. The summed E-state index contributed by atoms with van der Waals surface area (Å²) >= 11 is 0. The molecule has 0 atom stereocenters. The summed E-state index contributed by atoms with van der Waals surface area (Å²) in [7, 11) is 6.60. The number of likely N-dealkylation sites (N-methyl/N-ethyl adjacent to an activating group) is 2. The molecule has 1 aromatic carbocycles. The van der Waals surface area contributed by atoms with Crippen molar-refractivity contribution in [3.8, 4) is 0 Å². The first-order chi connectivity index (χ1) is 13.3. The van der Waals surface area contributed by atoms with Crippen molar-refractivity contribution >= 4 is 29.0 Å². The number of carbonyl (C=O) groups excluding carboxylic acids is 2. The zero-order valence-corrected chi connectivity index (χ0v) is 21.8. The maximum atomic E-state index is 13.5. The molecule has 4 rings (SSSR count). The summed E-state index contributed by atoms with van der Waals surface area (Å²) in [4.78, 5) is 32.3. The van der Waals surface area contributed by atoms with Crippen LogP contribution in [0.15, 0.2) is 42.6 Å². The third kappa shape index (κ3) is 4.94. The highest BCUT2D eigenvalue weighted by Gasteiger charge is 2.39. The van der Waals surface area contributed by atoms with Crippen LogP contribution in [-0.4, -0.2) is 79.6 Å². The third-order valence-corrected chi connectivity index (χ3v) is 5.89. The molecule has 0 bridgehead atoms. The van der Waals surface area contributed by atoms with Crippen molar-refractivity contribution in [2.45, 2.75) is 0 Å². The number of nitrogens with zero attached hydrogens (tertiary/aromatic N) is 4. The van der Waals surface area contributed by atoms with Gasteiger partial charge in [0.2, 0.25) is 0 Å². The lowest BCUT2D eigenvalue weighted by Crippen LogP contribution is -3.00. The molecule has 0 radical (unpaired) electrons. The van der Waals surface area contributed by atoms with E-state index in [4.69, 9.17) is 0 Å². The molecule has 162 valence electrons. The standard InChI is InChI=1S/C21H26N5O2.2HI/c1-25(2)11-13-26(3,14-12-25)15-19(27)24-18-9-5-4-7-16(18)21(28)23-17-8-6-10-22-20(17)24;;/h4-10H,11-15H2,1-3H3;2*1H/q+1;;/p-1. The Labute approximate surface area is 211 Å². The summed E-state index contributed by atoms with van der Waals surface area (Å²) in [6.45, 7) is 4.34. The van der Waals surface area contributed by atoms with Gasteiger partial charge in [-0.05, 0) is 24.3 Å². The fraction of sp³-hybridized carbons (Fsp3) is 0.381. The molecule has 2 aliphatic heterocycles. The number of benzene rings is 1. The van der Waals surface area contributed by atoms with E-state index in [-0.39, 0.29) is 59.8 Å². The van der Waals surface area contributed by atoms with Crippen molar-refractivity contribution < 1.29 is 66.5 Å². The zero-order chi connectivity index (χ0) is 19.9. The number of fused-ring (bicyclic) bond motifs is 2. The smallest absolute Gasteiger partial charge is 0.288 e. The largest absolute Gasteiger partial charge is 1.00 e. The molecule has 1 aromatic heterocycles. The molecule has 0 spiro atoms. The van der Waals surface area contributed by atoms with Crippen LogP contribution in [0.3, 0.4) is 0 Å². The average molecular weight is 635 g/mol. The maximum Gasteiger partial charge on any atom is 0.288 e. The van der Waals surface area contributed by atoms with Gasteiger partial charge in [-0.1, -0.05) is 12.1 Å². The molecule has 2 amide bonds. The lowest BCUT2D eigenvalue weighted by atomic mass is 10.1. The van der Waals surface area contributed by atoms with E-state index >= 15 is 0 Å². The van der Waals surface area contributed by atoms with Crippen LogP contribution >= 0.6 is 0 Å². The van der Waals surface area contributed by atoms with Gasteiger partial charge in [0.15, 0.2) is 12.4 Å². The number of para-hydroxylation sites is 1. The van der Waals surface area contributed by atoms with E-state index in [0.29, 0.717) is 33.8 Å². The van der Waals surface area contributed by atoms with Crippen LogP contribution < -0.4 is 58.2 Å². The predicted octanol–water partition coefficient (Wildman–Crippen LogP) is -4.14. The highest BCUT2D eigenvalue weighted by atomic mass is 127. The molecule has 0 aliphatic carbocycles. The molecule has 9 heteroatoms. The first kappa shape index (κ1) is 25.0. The minimum absolute atomic E-state index is 0. The van der Waals surface area contributed by atoms with E-state index in [1.807, 2.05) is 18.2 Å². The normalized spacial score (nSPS) is 18.5. The Bertz CT molecular complexity index is 940. The Hall–Kier alpha value is -1.31. The number of carbonyl (C=O) groups is 2. The van der Waals surface area contributed by atoms with E-state index < -0.39 is 0 Å². The molecule has 2 aliphatic rings. The molecule has 3 heterocycles. The van der Waals surface area contributed by atoms with E-state index in [9.17, 15) is 9.59 Å². The topological polar surface area (TPSA) is 62.3 Å². The molecular weight excluding hydrogens is 608 g/mol. The highest BCUT2D eigenvalue weighted by molar-refractivity contribution is 6.17. The van der Waals surface area contributed by atoms with E-state index in [1.165, 1.54) is 0 Å². The van der Waals surface area contributed by atoms with Crippen molar-refractivity contribution in [3.05, 3.63) is 48.2 Å². The summed E-state index contributed by atoms with van der Waals surface area (Å²) in [5.41, 5.74) is 1.62. The Morgan fingerprint density at radius 3 is 2.40 bits per heavy atom. The van der Waals surface area contributed by atoms with Crippen molar-refractivity contribution in [3.63, 3.8) is 0 Å². The summed E-state index contributed by atoms with van der Waals surface area (Å²) in [6, 6.07) is 10.8. The number of quaternary nitrogens is 2. The Balaban J connectivity index is 0.00000160. The summed E-state index contributed by atoms with van der Waals surface area (Å²) in [6.07, 6.45) is 1.65. The van der Waals surface area contributed by atoms with E-state index in [0.717, 1.165) is 30.7 Å². The van der Waals surface area contributed by atoms with Gasteiger partial charge in [0.05, 0.1) is 38.1 Å². The minimum atomic E-state index is -0.224. The van der Waals surface area contributed by atoms with Crippen molar-refractivity contribution in [1.29, 1.82) is 0 Å². The van der Waals surface area contributed by atoms with Crippen LogP contribution in [0.2, 0.25) is 0 Å². The molecule has 2 aromatic rings. The summed E-state index contributed by atoms with van der Waals surface area (Å²) in [5.74, 6) is 0.210. The second-order valence-corrected chi connectivity index (χ2v) is 8.68. The number of halogens is 2. The van der Waals surface area contributed by atoms with Crippen LogP contribution in [0.4, 0.5) is 17.2 Å². The Kier molecular flexibility index (Phi) is 7.86. The van der Waals surface area contributed by atoms with Gasteiger partial charge in [-0.15, -0.1) is 0 Å². The molecular formula is C21H27I2N5O2. The number of hydrogen-bond donors (Lipinski definition) is 1. The van der Waals surface area contributed by atoms with Crippen molar-refractivity contribution in [2.75, 3.05) is 64.1 Å². The molecule has 1 N–H and O–H groups in total. The fourth-order valence-electron chi connectivity index (χ4n) is 3.89. The van der Waals surface area contributed by atoms with Crippen LogP contribution in [0.25, 0.3) is 0 Å². The first-order valence-electron chi connectivity index (χ1n) is 9.62. The number of hydrogen-bond acceptors (Lipinski definition) is 3. The molecule has 1 saturated heterocycles. The van der Waals surface area contributed by atoms with Crippen LogP contribution in [0, 0.1) is 0 Å². The van der Waals surface area contributed by atoms with Gasteiger partial charge in [0.1, 0.15) is 26.2 Å². The van der Waals surface area contributed by atoms with Crippen LogP contribution in [0.5, 0.6) is 0 Å². The van der Waals surface area contributed by atoms with Crippen LogP contribution in [-0.2, 0) is 4.79 Å². The molecule has 30 heavy (non-hydrogen) atoms. The van der Waals surface area contributed by atoms with Gasteiger partial charge in [-0.3, -0.25) is 14.5 Å². The average Bonchev–Trinajstić information content (AvgIpc) is 2.79. The van der Waals surface area contributed by atoms with Crippen molar-refractivity contribution in [1.82, 2.24) is 4.98 Å². The van der Waals surface area contributed by atoms with Crippen LogP contribution in [0.1, 0.15) is 10.4 Å². The Morgan fingerprint density at radius 2 is 1.70 bits per heavy atom. The predicted molar refractivity (Wildman–Crippen MR) is 108 cm³/mol. The van der Waals surface area contributed by atoms with Crippen molar-refractivity contribution in [2.24, 2.45) is 0 Å². The van der Waals surface area contributed by atoms with Gasteiger partial charge < -0.3 is 62.2 Å². The molecule has 7 nitrogen and oxygen atoms in total. The maximum absolute atomic E-state index is 13.5. The molecule has 0 unspecified atom stereocenters. The second-order valence-electron chi connectivity index (χ2n) is 8.68. The first-order valence-corrected chi connectivity index (χ1v) is 9.62. The second kappa shape index (κ2) is 9.45. The Morgan fingerprint density at radius 1 is 1.03 bits per heavy atom. The lowest BCUT2D eigenvalue weighted by molar-refractivity contribution is -1.00. The summed E-state index contributed by atoms with van der Waals surface area (Å²) < 4.78 is 1.68. The quantitative estimate of drug-likeness (QED) is 0.270. The van der Waals surface area contributed by atoms with Gasteiger partial charge in [0.25, 0.3) is 11.8 Å². The number of piperazine rings is 1. The minimum Gasteiger partial charge on any atom is -1.00 e.